The van der Waals surface area contributed by atoms with E-state index in [2.05, 4.69) is 0 Å². The van der Waals surface area contributed by atoms with Crippen LogP contribution in [0.1, 0.15) is 39.0 Å². The van der Waals surface area contributed by atoms with Crippen LogP contribution in [-0.4, -0.2) is 41.8 Å². The van der Waals surface area contributed by atoms with E-state index in [4.69, 9.17) is 9.84 Å². The van der Waals surface area contributed by atoms with Gasteiger partial charge in [-0.25, -0.2) is 4.79 Å². The smallest absolute Gasteiger partial charge is 0.409 e. The fourth-order valence-electron chi connectivity index (χ4n) is 2.16. The zero-order chi connectivity index (χ0) is 12.7. The Morgan fingerprint density at radius 3 is 2.53 bits per heavy atom. The normalized spacial score (nSPS) is 16.9. The first-order valence-electron chi connectivity index (χ1n) is 6.27. The lowest BCUT2D eigenvalue weighted by atomic mass is 9.92. The summed E-state index contributed by atoms with van der Waals surface area (Å²) in [5, 5.41) is 8.55. The second-order valence-corrected chi connectivity index (χ2v) is 4.42. The molecule has 1 amide bonds. The molecule has 1 saturated heterocycles. The Morgan fingerprint density at radius 1 is 1.35 bits per heavy atom. The molecule has 1 heterocycles. The molecule has 98 valence electrons. The molecular formula is C12H21NO4. The third kappa shape index (κ3) is 5.06. The van der Waals surface area contributed by atoms with E-state index in [-0.39, 0.29) is 12.5 Å². The molecule has 1 N–H and O–H groups in total. The highest BCUT2D eigenvalue weighted by Gasteiger charge is 2.23. The third-order valence-corrected chi connectivity index (χ3v) is 3.14. The van der Waals surface area contributed by atoms with Gasteiger partial charge in [0.15, 0.2) is 0 Å². The van der Waals surface area contributed by atoms with Crippen LogP contribution < -0.4 is 0 Å². The van der Waals surface area contributed by atoms with Crippen LogP contribution in [0, 0.1) is 5.92 Å². The van der Waals surface area contributed by atoms with Gasteiger partial charge >= 0.3 is 12.1 Å². The molecule has 0 unspecified atom stereocenters. The number of carboxylic acid groups (broad SMARTS) is 1. The van der Waals surface area contributed by atoms with Crippen molar-refractivity contribution in [3.8, 4) is 0 Å². The summed E-state index contributed by atoms with van der Waals surface area (Å²) in [6.07, 6.45) is 3.62. The van der Waals surface area contributed by atoms with E-state index in [9.17, 15) is 9.59 Å². The summed E-state index contributed by atoms with van der Waals surface area (Å²) in [6, 6.07) is 0. The number of ether oxygens (including phenoxy) is 1. The Hall–Kier alpha value is -1.26. The van der Waals surface area contributed by atoms with Gasteiger partial charge in [-0.05, 0) is 38.5 Å². The predicted molar refractivity (Wildman–Crippen MR) is 62.8 cm³/mol. The number of hydrogen-bond donors (Lipinski definition) is 1. The lowest BCUT2D eigenvalue weighted by Gasteiger charge is -2.31. The van der Waals surface area contributed by atoms with Gasteiger partial charge in [0.2, 0.25) is 0 Å². The number of nitrogens with zero attached hydrogens (tertiary/aromatic N) is 1. The first kappa shape index (κ1) is 13.8. The van der Waals surface area contributed by atoms with Crippen LogP contribution in [0.5, 0.6) is 0 Å². The third-order valence-electron chi connectivity index (χ3n) is 3.14. The van der Waals surface area contributed by atoms with Gasteiger partial charge in [0.1, 0.15) is 0 Å². The van der Waals surface area contributed by atoms with Crippen molar-refractivity contribution in [3.63, 3.8) is 0 Å². The molecule has 0 saturated carbocycles. The average Bonchev–Trinajstić information content (AvgIpc) is 2.30. The van der Waals surface area contributed by atoms with E-state index >= 15 is 0 Å². The second kappa shape index (κ2) is 7.14. The van der Waals surface area contributed by atoms with E-state index in [1.54, 1.807) is 11.8 Å². The van der Waals surface area contributed by atoms with Gasteiger partial charge in [0, 0.05) is 19.5 Å². The molecule has 1 aliphatic heterocycles. The van der Waals surface area contributed by atoms with Crippen LogP contribution >= 0.6 is 0 Å². The largest absolute Gasteiger partial charge is 0.481 e. The Labute approximate surface area is 102 Å². The number of hydrogen-bond acceptors (Lipinski definition) is 3. The number of piperidine rings is 1. The van der Waals surface area contributed by atoms with Crippen molar-refractivity contribution in [2.45, 2.75) is 39.0 Å². The summed E-state index contributed by atoms with van der Waals surface area (Å²) in [7, 11) is 0. The predicted octanol–water partition coefficient (Wildman–Crippen LogP) is 2.11. The number of rotatable bonds is 5. The summed E-state index contributed by atoms with van der Waals surface area (Å²) in [5.41, 5.74) is 0. The molecule has 1 fully saturated rings. The van der Waals surface area contributed by atoms with Gasteiger partial charge in [-0.2, -0.15) is 0 Å². The zero-order valence-corrected chi connectivity index (χ0v) is 10.4. The highest BCUT2D eigenvalue weighted by Crippen LogP contribution is 2.22. The van der Waals surface area contributed by atoms with Crippen LogP contribution in [0.2, 0.25) is 0 Å². The van der Waals surface area contributed by atoms with Crippen molar-refractivity contribution in [2.75, 3.05) is 19.7 Å². The van der Waals surface area contributed by atoms with E-state index in [1.807, 2.05) is 0 Å². The molecule has 1 rings (SSSR count). The number of aliphatic carboxylic acids is 1. The van der Waals surface area contributed by atoms with Gasteiger partial charge < -0.3 is 14.7 Å². The van der Waals surface area contributed by atoms with E-state index in [0.717, 1.165) is 38.8 Å². The van der Waals surface area contributed by atoms with E-state index < -0.39 is 5.97 Å². The van der Waals surface area contributed by atoms with Gasteiger partial charge in [0.05, 0.1) is 6.61 Å². The standard InChI is InChI=1S/C12H21NO4/c1-2-17-12(16)13-8-6-10(7-9-13)4-3-5-11(14)15/h10H,2-9H2,1H3,(H,14,15). The molecule has 5 heteroatoms. The molecule has 1 aliphatic rings. The van der Waals surface area contributed by atoms with Crippen molar-refractivity contribution in [3.05, 3.63) is 0 Å². The molecule has 0 atom stereocenters. The van der Waals surface area contributed by atoms with Crippen LogP contribution in [0.15, 0.2) is 0 Å². The van der Waals surface area contributed by atoms with Crippen LogP contribution in [0.3, 0.4) is 0 Å². The highest BCUT2D eigenvalue weighted by atomic mass is 16.6. The average molecular weight is 243 g/mol. The molecule has 0 radical (unpaired) electrons. The molecule has 0 spiro atoms. The molecular weight excluding hydrogens is 222 g/mol. The summed E-state index contributed by atoms with van der Waals surface area (Å²) in [4.78, 5) is 23.6. The Balaban J connectivity index is 2.17. The highest BCUT2D eigenvalue weighted by molar-refractivity contribution is 5.67. The SMILES string of the molecule is CCOC(=O)N1CCC(CCCC(=O)O)CC1. The first-order valence-corrected chi connectivity index (χ1v) is 6.27. The fraction of sp³-hybridized carbons (Fsp3) is 0.833. The first-order chi connectivity index (χ1) is 8.13. The van der Waals surface area contributed by atoms with Crippen LogP contribution in [0.4, 0.5) is 4.79 Å². The summed E-state index contributed by atoms with van der Waals surface area (Å²) in [5.74, 6) is -0.172. The maximum absolute atomic E-state index is 11.4. The van der Waals surface area contributed by atoms with Crippen LogP contribution in [0.25, 0.3) is 0 Å². The molecule has 0 bridgehead atoms. The maximum Gasteiger partial charge on any atom is 0.409 e. The van der Waals surface area contributed by atoms with Crippen LogP contribution in [-0.2, 0) is 9.53 Å². The Morgan fingerprint density at radius 2 is 2.00 bits per heavy atom. The van der Waals surface area contributed by atoms with Gasteiger partial charge in [-0.15, -0.1) is 0 Å². The quantitative estimate of drug-likeness (QED) is 0.803. The Kier molecular flexibility index (Phi) is 5.80. The maximum atomic E-state index is 11.4. The summed E-state index contributed by atoms with van der Waals surface area (Å²) >= 11 is 0. The minimum absolute atomic E-state index is 0.225. The number of carboxylic acids is 1. The monoisotopic (exact) mass is 243 g/mol. The van der Waals surface area contributed by atoms with Crippen molar-refractivity contribution < 1.29 is 19.4 Å². The summed E-state index contributed by atoms with van der Waals surface area (Å²) in [6.45, 7) is 3.68. The topological polar surface area (TPSA) is 66.8 Å². The number of carbonyl (C=O) groups excluding carboxylic acids is 1. The van der Waals surface area contributed by atoms with Gasteiger partial charge in [-0.1, -0.05) is 0 Å². The summed E-state index contributed by atoms with van der Waals surface area (Å²) < 4.78 is 4.94. The molecule has 17 heavy (non-hydrogen) atoms. The fourth-order valence-corrected chi connectivity index (χ4v) is 2.16. The molecule has 0 aromatic heterocycles. The number of amides is 1. The molecule has 0 aromatic carbocycles. The molecule has 0 aromatic rings. The molecule has 0 aliphatic carbocycles. The van der Waals surface area contributed by atoms with E-state index in [1.165, 1.54) is 0 Å². The second-order valence-electron chi connectivity index (χ2n) is 4.42. The lowest BCUT2D eigenvalue weighted by Crippen LogP contribution is -2.38. The zero-order valence-electron chi connectivity index (χ0n) is 10.4. The lowest BCUT2D eigenvalue weighted by molar-refractivity contribution is -0.137. The number of carbonyl (C=O) groups is 2. The van der Waals surface area contributed by atoms with Crippen molar-refractivity contribution in [1.82, 2.24) is 4.90 Å². The van der Waals surface area contributed by atoms with Crippen molar-refractivity contribution >= 4 is 12.1 Å². The minimum atomic E-state index is -0.728. The van der Waals surface area contributed by atoms with Gasteiger partial charge in [-0.3, -0.25) is 4.79 Å². The van der Waals surface area contributed by atoms with Crippen molar-refractivity contribution in [2.24, 2.45) is 5.92 Å². The van der Waals surface area contributed by atoms with Crippen molar-refractivity contribution in [1.29, 1.82) is 0 Å². The van der Waals surface area contributed by atoms with E-state index in [0.29, 0.717) is 12.5 Å². The molecule has 5 nitrogen and oxygen atoms in total. The van der Waals surface area contributed by atoms with Gasteiger partial charge in [0.25, 0.3) is 0 Å². The minimum Gasteiger partial charge on any atom is -0.481 e. The Bertz CT molecular complexity index is 259. The number of likely N-dealkylation sites (tertiary alicyclic amines) is 1.